The molecular weight excluding hydrogens is 341 g/mol. The van der Waals surface area contributed by atoms with E-state index < -0.39 is 0 Å². The van der Waals surface area contributed by atoms with Gasteiger partial charge in [-0.25, -0.2) is 9.07 Å². The first-order valence-corrected chi connectivity index (χ1v) is 9.07. The SMILES string of the molecule is Cc1nn(-c2ccc(F)cc2)c2sc(C(=O)NC3CCCOC3)cc12. The van der Waals surface area contributed by atoms with E-state index in [0.717, 1.165) is 41.0 Å². The Morgan fingerprint density at radius 3 is 2.92 bits per heavy atom. The molecule has 3 heterocycles. The minimum absolute atomic E-state index is 0.0705. The summed E-state index contributed by atoms with van der Waals surface area (Å²) in [5, 5.41) is 8.50. The Kier molecular flexibility index (Phi) is 4.27. The number of nitrogens with zero attached hydrogens (tertiary/aromatic N) is 2. The zero-order chi connectivity index (χ0) is 17.4. The zero-order valence-corrected chi connectivity index (χ0v) is 14.6. The van der Waals surface area contributed by atoms with Crippen molar-refractivity contribution in [3.05, 3.63) is 46.7 Å². The van der Waals surface area contributed by atoms with E-state index in [2.05, 4.69) is 10.4 Å². The highest BCUT2D eigenvalue weighted by Gasteiger charge is 2.21. The van der Waals surface area contributed by atoms with E-state index in [1.54, 1.807) is 16.8 Å². The molecule has 1 saturated heterocycles. The molecule has 25 heavy (non-hydrogen) atoms. The lowest BCUT2D eigenvalue weighted by molar-refractivity contribution is 0.0626. The van der Waals surface area contributed by atoms with Crippen LogP contribution in [-0.4, -0.2) is 34.9 Å². The maximum absolute atomic E-state index is 13.2. The van der Waals surface area contributed by atoms with Crippen molar-refractivity contribution in [1.29, 1.82) is 0 Å². The first kappa shape index (κ1) is 16.2. The summed E-state index contributed by atoms with van der Waals surface area (Å²) < 4.78 is 20.3. The molecular formula is C18H18FN3O2S. The van der Waals surface area contributed by atoms with Gasteiger partial charge in [-0.2, -0.15) is 5.10 Å². The molecule has 2 aromatic heterocycles. The molecule has 0 aliphatic carbocycles. The van der Waals surface area contributed by atoms with Gasteiger partial charge in [0.1, 0.15) is 10.6 Å². The van der Waals surface area contributed by atoms with Gasteiger partial charge in [-0.05, 0) is 50.1 Å². The summed E-state index contributed by atoms with van der Waals surface area (Å²) in [4.78, 5) is 14.1. The number of carbonyl (C=O) groups excluding carboxylic acids is 1. The number of aromatic nitrogens is 2. The van der Waals surface area contributed by atoms with Gasteiger partial charge in [0, 0.05) is 12.0 Å². The summed E-state index contributed by atoms with van der Waals surface area (Å²) in [7, 11) is 0. The molecule has 1 atom stereocenters. The zero-order valence-electron chi connectivity index (χ0n) is 13.8. The summed E-state index contributed by atoms with van der Waals surface area (Å²) >= 11 is 1.39. The van der Waals surface area contributed by atoms with Crippen molar-refractivity contribution in [2.24, 2.45) is 0 Å². The fraction of sp³-hybridized carbons (Fsp3) is 0.333. The van der Waals surface area contributed by atoms with Gasteiger partial charge in [0.2, 0.25) is 0 Å². The summed E-state index contributed by atoms with van der Waals surface area (Å²) in [5.74, 6) is -0.369. The monoisotopic (exact) mass is 359 g/mol. The van der Waals surface area contributed by atoms with Crippen LogP contribution in [0, 0.1) is 12.7 Å². The molecule has 4 rings (SSSR count). The number of fused-ring (bicyclic) bond motifs is 1. The minimum Gasteiger partial charge on any atom is -0.379 e. The van der Waals surface area contributed by atoms with Crippen LogP contribution in [0.25, 0.3) is 15.9 Å². The third-order valence-electron chi connectivity index (χ3n) is 4.34. The van der Waals surface area contributed by atoms with Gasteiger partial charge in [0.25, 0.3) is 5.91 Å². The topological polar surface area (TPSA) is 56.2 Å². The second-order valence-electron chi connectivity index (χ2n) is 6.19. The molecule has 1 N–H and O–H groups in total. The van der Waals surface area contributed by atoms with Crippen LogP contribution < -0.4 is 5.32 Å². The van der Waals surface area contributed by atoms with E-state index in [-0.39, 0.29) is 17.8 Å². The number of hydrogen-bond donors (Lipinski definition) is 1. The van der Waals surface area contributed by atoms with Gasteiger partial charge in [0.15, 0.2) is 0 Å². The van der Waals surface area contributed by atoms with Gasteiger partial charge < -0.3 is 10.1 Å². The smallest absolute Gasteiger partial charge is 0.261 e. The Labute approximate surface area is 148 Å². The van der Waals surface area contributed by atoms with Crippen molar-refractivity contribution >= 4 is 27.5 Å². The first-order valence-electron chi connectivity index (χ1n) is 8.25. The highest BCUT2D eigenvalue weighted by Crippen LogP contribution is 2.30. The summed E-state index contributed by atoms with van der Waals surface area (Å²) in [6.07, 6.45) is 1.91. The van der Waals surface area contributed by atoms with Crippen LogP contribution in [0.3, 0.4) is 0 Å². The van der Waals surface area contributed by atoms with Crippen LogP contribution >= 0.6 is 11.3 Å². The summed E-state index contributed by atoms with van der Waals surface area (Å²) in [6.45, 7) is 3.24. The molecule has 0 saturated carbocycles. The number of rotatable bonds is 3. The van der Waals surface area contributed by atoms with E-state index in [9.17, 15) is 9.18 Å². The molecule has 1 aromatic carbocycles. The number of hydrogen-bond acceptors (Lipinski definition) is 4. The van der Waals surface area contributed by atoms with Crippen molar-refractivity contribution in [1.82, 2.24) is 15.1 Å². The van der Waals surface area contributed by atoms with Gasteiger partial charge in [-0.1, -0.05) is 0 Å². The lowest BCUT2D eigenvalue weighted by atomic mass is 10.1. The quantitative estimate of drug-likeness (QED) is 0.779. The molecule has 1 aliphatic rings. The highest BCUT2D eigenvalue weighted by atomic mass is 32.1. The number of aryl methyl sites for hydroxylation is 1. The van der Waals surface area contributed by atoms with Gasteiger partial charge in [-0.3, -0.25) is 4.79 Å². The molecule has 0 spiro atoms. The fourth-order valence-corrected chi connectivity index (χ4v) is 4.11. The summed E-state index contributed by atoms with van der Waals surface area (Å²) in [5.41, 5.74) is 1.62. The highest BCUT2D eigenvalue weighted by molar-refractivity contribution is 7.20. The Balaban J connectivity index is 1.64. The number of nitrogens with one attached hydrogen (secondary N) is 1. The van der Waals surface area contributed by atoms with E-state index >= 15 is 0 Å². The van der Waals surface area contributed by atoms with Crippen molar-refractivity contribution < 1.29 is 13.9 Å². The van der Waals surface area contributed by atoms with Crippen molar-refractivity contribution in [3.8, 4) is 5.69 Å². The van der Waals surface area contributed by atoms with Crippen LogP contribution in [0.1, 0.15) is 28.2 Å². The molecule has 1 amide bonds. The number of carbonyl (C=O) groups is 1. The van der Waals surface area contributed by atoms with Crippen LogP contribution in [0.4, 0.5) is 4.39 Å². The van der Waals surface area contributed by atoms with Crippen molar-refractivity contribution in [3.63, 3.8) is 0 Å². The van der Waals surface area contributed by atoms with Gasteiger partial charge >= 0.3 is 0 Å². The predicted octanol–water partition coefficient (Wildman–Crippen LogP) is 3.44. The number of halogens is 1. The largest absolute Gasteiger partial charge is 0.379 e. The number of amides is 1. The molecule has 1 fully saturated rings. The molecule has 130 valence electrons. The van der Waals surface area contributed by atoms with Gasteiger partial charge in [0.05, 0.1) is 28.9 Å². The third-order valence-corrected chi connectivity index (χ3v) is 5.44. The second kappa shape index (κ2) is 6.57. The molecule has 0 bridgehead atoms. The van der Waals surface area contributed by atoms with E-state index in [1.807, 2.05) is 13.0 Å². The Morgan fingerprint density at radius 2 is 2.20 bits per heavy atom. The first-order chi connectivity index (χ1) is 12.1. The van der Waals surface area contributed by atoms with E-state index in [1.165, 1.54) is 23.5 Å². The van der Waals surface area contributed by atoms with Gasteiger partial charge in [-0.15, -0.1) is 11.3 Å². The van der Waals surface area contributed by atoms with Crippen molar-refractivity contribution in [2.75, 3.05) is 13.2 Å². The maximum Gasteiger partial charge on any atom is 0.261 e. The lowest BCUT2D eigenvalue weighted by Gasteiger charge is -2.22. The normalized spacial score (nSPS) is 17.8. The Morgan fingerprint density at radius 1 is 1.40 bits per heavy atom. The molecule has 1 aliphatic heterocycles. The fourth-order valence-electron chi connectivity index (χ4n) is 3.03. The molecule has 5 nitrogen and oxygen atoms in total. The third kappa shape index (κ3) is 3.17. The van der Waals surface area contributed by atoms with Crippen LogP contribution in [-0.2, 0) is 4.74 Å². The number of thiophene rings is 1. The number of ether oxygens (including phenoxy) is 1. The Hall–Kier alpha value is -2.25. The van der Waals surface area contributed by atoms with E-state index in [4.69, 9.17) is 4.74 Å². The standard InChI is InChI=1S/C18H18FN3O2S/c1-11-15-9-16(17(23)20-13-3-2-8-24-10-13)25-18(15)22(21-11)14-6-4-12(19)5-7-14/h4-7,9,13H,2-3,8,10H2,1H3,(H,20,23). The maximum atomic E-state index is 13.2. The molecule has 0 radical (unpaired) electrons. The molecule has 3 aromatic rings. The second-order valence-corrected chi connectivity index (χ2v) is 7.22. The van der Waals surface area contributed by atoms with E-state index in [0.29, 0.717) is 11.5 Å². The van der Waals surface area contributed by atoms with Crippen LogP contribution in [0.15, 0.2) is 30.3 Å². The molecule has 7 heteroatoms. The van der Waals surface area contributed by atoms with Crippen LogP contribution in [0.2, 0.25) is 0 Å². The minimum atomic E-state index is -0.287. The van der Waals surface area contributed by atoms with Crippen LogP contribution in [0.5, 0.6) is 0 Å². The Bertz CT molecular complexity index is 910. The lowest BCUT2D eigenvalue weighted by Crippen LogP contribution is -2.40. The average Bonchev–Trinajstić information content (AvgIpc) is 3.18. The number of benzene rings is 1. The summed E-state index contributed by atoms with van der Waals surface area (Å²) in [6, 6.07) is 8.12. The average molecular weight is 359 g/mol. The van der Waals surface area contributed by atoms with Crippen molar-refractivity contribution in [2.45, 2.75) is 25.8 Å². The predicted molar refractivity (Wildman–Crippen MR) is 94.9 cm³/mol. The molecule has 1 unspecified atom stereocenters.